The topological polar surface area (TPSA) is 65.6 Å². The SMILES string of the molecule is Cn1cnc2c(=O)n(-c3cccnc3C3CC3)c3nc(C(F)(F)F)ccc3c21. The summed E-state index contributed by atoms with van der Waals surface area (Å²) in [4.78, 5) is 25.7. The second-order valence-corrected chi connectivity index (χ2v) is 6.94. The summed E-state index contributed by atoms with van der Waals surface area (Å²) in [5.41, 5.74) is 0.179. The van der Waals surface area contributed by atoms with Crippen molar-refractivity contribution in [3.63, 3.8) is 0 Å². The van der Waals surface area contributed by atoms with Crippen LogP contribution in [0.5, 0.6) is 0 Å². The van der Waals surface area contributed by atoms with E-state index in [0.29, 0.717) is 22.3 Å². The lowest BCUT2D eigenvalue weighted by atomic mass is 10.1. The van der Waals surface area contributed by atoms with Gasteiger partial charge in [-0.15, -0.1) is 0 Å². The maximum absolute atomic E-state index is 13.3. The fourth-order valence-corrected chi connectivity index (χ4v) is 3.56. The molecule has 0 aliphatic heterocycles. The number of hydrogen-bond donors (Lipinski definition) is 0. The molecule has 0 spiro atoms. The molecule has 0 amide bonds. The van der Waals surface area contributed by atoms with Crippen molar-refractivity contribution in [1.29, 1.82) is 0 Å². The molecule has 0 saturated heterocycles. The minimum Gasteiger partial charge on any atom is -0.333 e. The van der Waals surface area contributed by atoms with Gasteiger partial charge in [0.15, 0.2) is 5.52 Å². The zero-order valence-corrected chi connectivity index (χ0v) is 14.7. The van der Waals surface area contributed by atoms with E-state index in [-0.39, 0.29) is 17.1 Å². The van der Waals surface area contributed by atoms with E-state index in [2.05, 4.69) is 15.0 Å². The van der Waals surface area contributed by atoms with Crippen LogP contribution < -0.4 is 5.56 Å². The molecule has 9 heteroatoms. The summed E-state index contributed by atoms with van der Waals surface area (Å²) in [6.45, 7) is 0. The highest BCUT2D eigenvalue weighted by Gasteiger charge is 2.34. The van der Waals surface area contributed by atoms with Crippen molar-refractivity contribution >= 4 is 22.1 Å². The average Bonchev–Trinajstić information content (AvgIpc) is 3.43. The molecule has 4 heterocycles. The average molecular weight is 385 g/mol. The molecule has 28 heavy (non-hydrogen) atoms. The molecule has 0 bridgehead atoms. The Kier molecular flexibility index (Phi) is 3.40. The van der Waals surface area contributed by atoms with Crippen LogP contribution in [0, 0.1) is 0 Å². The molecular formula is C19H14F3N5O. The monoisotopic (exact) mass is 385 g/mol. The molecule has 1 aliphatic carbocycles. The standard InChI is InChI=1S/C19H14F3N5O/c1-26-9-24-15-16(26)11-6-7-13(19(20,21)22)25-17(11)27(18(15)28)12-3-2-8-23-14(12)10-4-5-10/h2-3,6-10H,4-5H2,1H3. The molecule has 0 atom stereocenters. The number of alkyl halides is 3. The zero-order chi connectivity index (χ0) is 19.6. The lowest BCUT2D eigenvalue weighted by Crippen LogP contribution is -2.23. The van der Waals surface area contributed by atoms with E-state index in [1.54, 1.807) is 29.9 Å². The lowest BCUT2D eigenvalue weighted by molar-refractivity contribution is -0.141. The highest BCUT2D eigenvalue weighted by Crippen LogP contribution is 2.41. The zero-order valence-electron chi connectivity index (χ0n) is 14.7. The van der Waals surface area contributed by atoms with Gasteiger partial charge in [0.1, 0.15) is 11.3 Å². The molecular weight excluding hydrogens is 371 g/mol. The van der Waals surface area contributed by atoms with Crippen molar-refractivity contribution in [2.75, 3.05) is 0 Å². The van der Waals surface area contributed by atoms with Gasteiger partial charge in [0, 0.05) is 24.5 Å². The number of halogens is 3. The Bertz CT molecular complexity index is 1300. The molecule has 0 aromatic carbocycles. The Morgan fingerprint density at radius 1 is 1.14 bits per heavy atom. The van der Waals surface area contributed by atoms with Gasteiger partial charge in [0.2, 0.25) is 0 Å². The van der Waals surface area contributed by atoms with Crippen LogP contribution in [0.25, 0.3) is 27.8 Å². The minimum absolute atomic E-state index is 0.0502. The minimum atomic E-state index is -4.62. The van der Waals surface area contributed by atoms with Gasteiger partial charge in [-0.25, -0.2) is 9.97 Å². The highest BCUT2D eigenvalue weighted by atomic mass is 19.4. The Balaban J connectivity index is 1.97. The maximum atomic E-state index is 13.3. The molecule has 1 aliphatic rings. The number of aryl methyl sites for hydroxylation is 1. The maximum Gasteiger partial charge on any atom is 0.433 e. The number of hydrogen-bond acceptors (Lipinski definition) is 4. The van der Waals surface area contributed by atoms with Gasteiger partial charge in [-0.05, 0) is 37.1 Å². The molecule has 6 nitrogen and oxygen atoms in total. The Labute approximate surface area is 156 Å². The second kappa shape index (κ2) is 5.63. The van der Waals surface area contributed by atoms with Crippen LogP contribution in [-0.2, 0) is 13.2 Å². The van der Waals surface area contributed by atoms with E-state index in [4.69, 9.17) is 0 Å². The summed E-state index contributed by atoms with van der Waals surface area (Å²) < 4.78 is 42.8. The largest absolute Gasteiger partial charge is 0.433 e. The smallest absolute Gasteiger partial charge is 0.333 e. The third-order valence-electron chi connectivity index (χ3n) is 5.00. The van der Waals surface area contributed by atoms with Gasteiger partial charge in [0.25, 0.3) is 5.56 Å². The van der Waals surface area contributed by atoms with Crippen LogP contribution in [0.2, 0.25) is 0 Å². The summed E-state index contributed by atoms with van der Waals surface area (Å²) >= 11 is 0. The molecule has 4 aromatic rings. The molecule has 1 saturated carbocycles. The number of imidazole rings is 1. The van der Waals surface area contributed by atoms with E-state index in [1.165, 1.54) is 17.0 Å². The van der Waals surface area contributed by atoms with Crippen molar-refractivity contribution in [3.05, 3.63) is 58.5 Å². The van der Waals surface area contributed by atoms with E-state index in [1.807, 2.05) is 0 Å². The fourth-order valence-electron chi connectivity index (χ4n) is 3.56. The normalized spacial score (nSPS) is 14.9. The molecule has 0 unspecified atom stereocenters. The summed E-state index contributed by atoms with van der Waals surface area (Å²) in [7, 11) is 1.69. The van der Waals surface area contributed by atoms with Crippen LogP contribution in [0.15, 0.2) is 41.6 Å². The lowest BCUT2D eigenvalue weighted by Gasteiger charge is -2.15. The van der Waals surface area contributed by atoms with Crippen molar-refractivity contribution < 1.29 is 13.2 Å². The van der Waals surface area contributed by atoms with Crippen molar-refractivity contribution in [2.45, 2.75) is 24.9 Å². The van der Waals surface area contributed by atoms with Gasteiger partial charge < -0.3 is 4.57 Å². The third kappa shape index (κ3) is 2.42. The third-order valence-corrected chi connectivity index (χ3v) is 5.00. The second-order valence-electron chi connectivity index (χ2n) is 6.94. The number of pyridine rings is 3. The van der Waals surface area contributed by atoms with Crippen LogP contribution in [0.4, 0.5) is 13.2 Å². The first-order chi connectivity index (χ1) is 13.4. The Morgan fingerprint density at radius 3 is 2.64 bits per heavy atom. The van der Waals surface area contributed by atoms with E-state index < -0.39 is 17.4 Å². The number of nitrogens with zero attached hydrogens (tertiary/aromatic N) is 5. The van der Waals surface area contributed by atoms with Crippen molar-refractivity contribution in [3.8, 4) is 5.69 Å². The molecule has 5 rings (SSSR count). The fraction of sp³-hybridized carbons (Fsp3) is 0.263. The van der Waals surface area contributed by atoms with Gasteiger partial charge in [-0.2, -0.15) is 13.2 Å². The molecule has 142 valence electrons. The summed E-state index contributed by atoms with van der Waals surface area (Å²) in [6, 6.07) is 5.63. The Morgan fingerprint density at radius 2 is 1.93 bits per heavy atom. The number of fused-ring (bicyclic) bond motifs is 3. The highest BCUT2D eigenvalue weighted by molar-refractivity contribution is 6.01. The predicted octanol–water partition coefficient (Wildman–Crippen LogP) is 3.56. The van der Waals surface area contributed by atoms with Crippen LogP contribution in [0.3, 0.4) is 0 Å². The van der Waals surface area contributed by atoms with Gasteiger partial charge in [-0.3, -0.25) is 14.3 Å². The van der Waals surface area contributed by atoms with Gasteiger partial charge in [-0.1, -0.05) is 0 Å². The van der Waals surface area contributed by atoms with Gasteiger partial charge in [0.05, 0.1) is 23.2 Å². The summed E-state index contributed by atoms with van der Waals surface area (Å²) in [5, 5.41) is 0.424. The van der Waals surface area contributed by atoms with Crippen molar-refractivity contribution in [2.24, 2.45) is 7.05 Å². The molecule has 1 fully saturated rings. The van der Waals surface area contributed by atoms with Crippen molar-refractivity contribution in [1.82, 2.24) is 24.1 Å². The van der Waals surface area contributed by atoms with Gasteiger partial charge >= 0.3 is 6.18 Å². The predicted molar refractivity (Wildman–Crippen MR) is 96.4 cm³/mol. The summed E-state index contributed by atoms with van der Waals surface area (Å²) in [5.74, 6) is 0.198. The van der Waals surface area contributed by atoms with E-state index >= 15 is 0 Å². The van der Waals surface area contributed by atoms with E-state index in [0.717, 1.165) is 18.9 Å². The molecule has 0 N–H and O–H groups in total. The first-order valence-electron chi connectivity index (χ1n) is 8.75. The summed E-state index contributed by atoms with van der Waals surface area (Å²) in [6.07, 6.45) is 0.342. The van der Waals surface area contributed by atoms with Crippen LogP contribution in [-0.4, -0.2) is 24.1 Å². The molecule has 0 radical (unpaired) electrons. The molecule has 4 aromatic heterocycles. The van der Waals surface area contributed by atoms with Crippen LogP contribution in [0.1, 0.15) is 30.1 Å². The first kappa shape index (κ1) is 16.9. The number of aromatic nitrogens is 5. The first-order valence-corrected chi connectivity index (χ1v) is 8.75. The van der Waals surface area contributed by atoms with E-state index in [9.17, 15) is 18.0 Å². The Hall–Kier alpha value is -3.23. The number of rotatable bonds is 2. The quantitative estimate of drug-likeness (QED) is 0.529. The van der Waals surface area contributed by atoms with Crippen LogP contribution >= 0.6 is 0 Å².